The molecule has 0 radical (unpaired) electrons. The molecular weight excluding hydrogens is 438 g/mol. The zero-order valence-corrected chi connectivity index (χ0v) is 22.8. The second kappa shape index (κ2) is 13.1. The molecule has 0 aliphatic carbocycles. The molecule has 0 aliphatic rings. The highest BCUT2D eigenvalue weighted by Crippen LogP contribution is 2.25. The average Bonchev–Trinajstić information content (AvgIpc) is 2.71. The summed E-state index contributed by atoms with van der Waals surface area (Å²) in [6, 6.07) is 2.36. The van der Waals surface area contributed by atoms with E-state index in [0.717, 1.165) is 45.4 Å². The summed E-state index contributed by atoms with van der Waals surface area (Å²) in [7, 11) is -3.25. The van der Waals surface area contributed by atoms with E-state index in [4.69, 9.17) is 4.12 Å². The summed E-state index contributed by atoms with van der Waals surface area (Å²) in [6.07, 6.45) is 9.21. The molecule has 0 aromatic carbocycles. The fourth-order valence-corrected chi connectivity index (χ4v) is 13.2. The Kier molecular flexibility index (Phi) is 11.6. The Morgan fingerprint density at radius 1 is 0.719 bits per heavy atom. The van der Waals surface area contributed by atoms with Gasteiger partial charge in [0, 0.05) is 6.54 Å². The summed E-state index contributed by atoms with van der Waals surface area (Å²) < 4.78 is 9.92. The maximum Gasteiger partial charge on any atom is 0.336 e. The van der Waals surface area contributed by atoms with Gasteiger partial charge in [-0.05, 0) is 44.7 Å². The number of hydrogen-bond acceptors (Lipinski definition) is 4. The average molecular weight is 482 g/mol. The van der Waals surface area contributed by atoms with Gasteiger partial charge in [0.1, 0.15) is 0 Å². The monoisotopic (exact) mass is 481 g/mol. The first-order chi connectivity index (χ1) is 15.0. The Bertz CT molecular complexity index is 880. The summed E-state index contributed by atoms with van der Waals surface area (Å²) in [5, 5.41) is 0. The van der Waals surface area contributed by atoms with Crippen LogP contribution in [0.4, 0.5) is 0 Å². The molecule has 7 nitrogen and oxygen atoms in total. The molecule has 32 heavy (non-hydrogen) atoms. The van der Waals surface area contributed by atoms with Crippen LogP contribution in [0.2, 0.25) is 38.3 Å². The van der Waals surface area contributed by atoms with Crippen LogP contribution >= 0.6 is 0 Å². The lowest BCUT2D eigenvalue weighted by Gasteiger charge is -2.34. The van der Waals surface area contributed by atoms with Gasteiger partial charge in [-0.2, -0.15) is 0 Å². The molecule has 1 aromatic rings. The van der Waals surface area contributed by atoms with Crippen molar-refractivity contribution in [3.05, 3.63) is 56.8 Å². The minimum atomic E-state index is -1.67. The van der Waals surface area contributed by atoms with Crippen molar-refractivity contribution in [1.82, 2.24) is 13.7 Å². The molecule has 0 fully saturated rings. The third kappa shape index (κ3) is 8.67. The summed E-state index contributed by atoms with van der Waals surface area (Å²) in [6.45, 7) is 19.2. The zero-order chi connectivity index (χ0) is 24.4. The van der Waals surface area contributed by atoms with Crippen LogP contribution in [0, 0.1) is 0 Å². The molecule has 1 aromatic heterocycles. The Morgan fingerprint density at radius 2 is 1.16 bits per heavy atom. The molecule has 0 atom stereocenters. The number of rotatable bonds is 16. The molecule has 1 heterocycles. The summed E-state index contributed by atoms with van der Waals surface area (Å²) in [5.74, 6) is 0. The first kappa shape index (κ1) is 28.3. The Morgan fingerprint density at radius 3 is 1.62 bits per heavy atom. The molecule has 0 saturated heterocycles. The highest BCUT2D eigenvalue weighted by molar-refractivity contribution is 6.84. The smallest absolute Gasteiger partial charge is 0.336 e. The van der Waals surface area contributed by atoms with Crippen LogP contribution in [0.15, 0.2) is 39.7 Å². The quantitative estimate of drug-likeness (QED) is 0.200. The van der Waals surface area contributed by atoms with Gasteiger partial charge in [-0.15, -0.1) is 13.2 Å². The standard InChI is InChI=1S/C23H43N3O4Si2/c1-8-11-19-31(4,5)30-32(6,7)20-15-13-12-14-18-26-22(28)24(16-9-2)21(27)25(17-10-3)23(26)29/h9-10H,2-3,8,11-20H2,1,4-7H3. The van der Waals surface area contributed by atoms with E-state index in [2.05, 4.69) is 46.3 Å². The van der Waals surface area contributed by atoms with E-state index in [-0.39, 0.29) is 13.1 Å². The van der Waals surface area contributed by atoms with Crippen molar-refractivity contribution in [3.63, 3.8) is 0 Å². The van der Waals surface area contributed by atoms with Crippen LogP contribution in [0.3, 0.4) is 0 Å². The fourth-order valence-electron chi connectivity index (χ4n) is 4.07. The van der Waals surface area contributed by atoms with Crippen molar-refractivity contribution in [2.24, 2.45) is 0 Å². The van der Waals surface area contributed by atoms with Crippen molar-refractivity contribution in [3.8, 4) is 0 Å². The number of nitrogens with zero attached hydrogens (tertiary/aromatic N) is 3. The largest absolute Gasteiger partial charge is 0.455 e. The fraction of sp³-hybridized carbons (Fsp3) is 0.696. The Balaban J connectivity index is 2.67. The van der Waals surface area contributed by atoms with Gasteiger partial charge in [0.15, 0.2) is 16.6 Å². The summed E-state index contributed by atoms with van der Waals surface area (Å²) in [4.78, 5) is 37.7. The Hall–Kier alpha value is -1.72. The highest BCUT2D eigenvalue weighted by Gasteiger charge is 2.31. The first-order valence-corrected chi connectivity index (χ1v) is 18.1. The third-order valence-corrected chi connectivity index (χ3v) is 13.1. The number of allylic oxidation sites excluding steroid dienone is 2. The van der Waals surface area contributed by atoms with E-state index < -0.39 is 33.7 Å². The molecule has 0 spiro atoms. The van der Waals surface area contributed by atoms with Crippen LogP contribution in [0.1, 0.15) is 45.4 Å². The van der Waals surface area contributed by atoms with Crippen LogP contribution in [0.25, 0.3) is 0 Å². The van der Waals surface area contributed by atoms with Gasteiger partial charge in [0.2, 0.25) is 0 Å². The van der Waals surface area contributed by atoms with E-state index >= 15 is 0 Å². The summed E-state index contributed by atoms with van der Waals surface area (Å²) in [5.41, 5.74) is -1.75. The lowest BCUT2D eigenvalue weighted by molar-refractivity contribution is 0.458. The van der Waals surface area contributed by atoms with E-state index in [0.29, 0.717) is 6.54 Å². The van der Waals surface area contributed by atoms with E-state index in [1.807, 2.05) is 0 Å². The molecule has 1 rings (SSSR count). The topological polar surface area (TPSA) is 75.2 Å². The van der Waals surface area contributed by atoms with Crippen molar-refractivity contribution >= 4 is 16.6 Å². The molecule has 0 unspecified atom stereocenters. The van der Waals surface area contributed by atoms with Crippen LogP contribution in [0.5, 0.6) is 0 Å². The molecule has 0 amide bonds. The van der Waals surface area contributed by atoms with E-state index in [9.17, 15) is 14.4 Å². The van der Waals surface area contributed by atoms with Gasteiger partial charge in [-0.1, -0.05) is 51.2 Å². The van der Waals surface area contributed by atoms with E-state index in [1.54, 1.807) is 0 Å². The van der Waals surface area contributed by atoms with Gasteiger partial charge in [-0.3, -0.25) is 0 Å². The van der Waals surface area contributed by atoms with Gasteiger partial charge in [-0.25, -0.2) is 28.1 Å². The minimum Gasteiger partial charge on any atom is -0.455 e. The molecule has 0 saturated carbocycles. The van der Waals surface area contributed by atoms with Gasteiger partial charge >= 0.3 is 17.1 Å². The van der Waals surface area contributed by atoms with Gasteiger partial charge < -0.3 is 4.12 Å². The van der Waals surface area contributed by atoms with Crippen molar-refractivity contribution in [2.75, 3.05) is 0 Å². The normalized spacial score (nSPS) is 12.2. The van der Waals surface area contributed by atoms with Crippen molar-refractivity contribution in [1.29, 1.82) is 0 Å². The first-order valence-electron chi connectivity index (χ1n) is 11.9. The number of hydrogen-bond donors (Lipinski definition) is 0. The second-order valence-electron chi connectivity index (χ2n) is 9.69. The lowest BCUT2D eigenvalue weighted by atomic mass is 10.2. The van der Waals surface area contributed by atoms with Crippen molar-refractivity contribution in [2.45, 2.75) is 103 Å². The second-order valence-corrected chi connectivity index (χ2v) is 18.5. The summed E-state index contributed by atoms with van der Waals surface area (Å²) >= 11 is 0. The number of unbranched alkanes of at least 4 members (excludes halogenated alkanes) is 4. The molecule has 182 valence electrons. The number of aromatic nitrogens is 3. The molecule has 0 bridgehead atoms. The Labute approximate surface area is 194 Å². The van der Waals surface area contributed by atoms with Gasteiger partial charge in [0.05, 0.1) is 13.1 Å². The zero-order valence-electron chi connectivity index (χ0n) is 20.8. The predicted molar refractivity (Wildman–Crippen MR) is 139 cm³/mol. The molecule has 9 heteroatoms. The minimum absolute atomic E-state index is 0.0761. The van der Waals surface area contributed by atoms with Crippen LogP contribution < -0.4 is 17.1 Å². The van der Waals surface area contributed by atoms with Crippen LogP contribution in [-0.4, -0.2) is 30.3 Å². The lowest BCUT2D eigenvalue weighted by Crippen LogP contribution is -2.54. The van der Waals surface area contributed by atoms with Crippen molar-refractivity contribution < 1.29 is 4.12 Å². The third-order valence-electron chi connectivity index (χ3n) is 5.60. The predicted octanol–water partition coefficient (Wildman–Crippen LogP) is 4.33. The van der Waals surface area contributed by atoms with Gasteiger partial charge in [0.25, 0.3) is 0 Å². The van der Waals surface area contributed by atoms with Crippen LogP contribution in [-0.2, 0) is 23.7 Å². The highest BCUT2D eigenvalue weighted by atomic mass is 28.4. The molecule has 0 N–H and O–H groups in total. The molecular formula is C23H43N3O4Si2. The maximum absolute atomic E-state index is 12.6. The SMILES string of the molecule is C=CCn1c(=O)n(CC=C)c(=O)n(CCCCCC[Si](C)(C)O[Si](C)(C)CCCC)c1=O. The maximum atomic E-state index is 12.6. The van der Waals surface area contributed by atoms with E-state index in [1.165, 1.54) is 31.0 Å². The molecule has 0 aliphatic heterocycles.